The van der Waals surface area contributed by atoms with Crippen molar-refractivity contribution in [3.05, 3.63) is 53.5 Å². The Morgan fingerprint density at radius 3 is 2.63 bits per heavy atom. The van der Waals surface area contributed by atoms with Crippen LogP contribution in [-0.4, -0.2) is 26.3 Å². The zero-order valence-corrected chi connectivity index (χ0v) is 15.2. The molecule has 0 bridgehead atoms. The summed E-state index contributed by atoms with van der Waals surface area (Å²) < 4.78 is 32.3. The van der Waals surface area contributed by atoms with E-state index in [1.54, 1.807) is 28.7 Å². The molecule has 0 atom stereocenters. The Bertz CT molecular complexity index is 985. The highest BCUT2D eigenvalue weighted by Crippen LogP contribution is 2.28. The van der Waals surface area contributed by atoms with E-state index in [9.17, 15) is 13.6 Å². The molecule has 1 fully saturated rings. The first-order chi connectivity index (χ1) is 13.0. The number of carbonyl (C=O) groups excluding carboxylic acids is 1. The maximum Gasteiger partial charge on any atom is 0.253 e. The number of hydrogen-bond donors (Lipinski definition) is 1. The average molecular weight is 372 g/mol. The summed E-state index contributed by atoms with van der Waals surface area (Å²) in [6, 6.07) is 2.27. The van der Waals surface area contributed by atoms with Crippen molar-refractivity contribution in [1.82, 2.24) is 19.7 Å². The molecule has 0 aliphatic heterocycles. The molecule has 4 rings (SSSR count). The second-order valence-electron chi connectivity index (χ2n) is 7.25. The molecule has 1 saturated carbocycles. The normalized spacial score (nSPS) is 15.4. The molecule has 1 N–H and O–H groups in total. The molecule has 1 aliphatic rings. The Morgan fingerprint density at radius 2 is 1.93 bits per heavy atom. The Kier molecular flexibility index (Phi) is 4.68. The number of halogens is 2. The Labute approximate surface area is 156 Å². The van der Waals surface area contributed by atoms with Crippen molar-refractivity contribution in [1.29, 1.82) is 0 Å². The summed E-state index contributed by atoms with van der Waals surface area (Å²) in [5.41, 5.74) is 1.13. The molecular weight excluding hydrogens is 350 g/mol. The van der Waals surface area contributed by atoms with E-state index in [-0.39, 0.29) is 28.4 Å². The Balaban J connectivity index is 1.73. The quantitative estimate of drug-likeness (QED) is 0.758. The van der Waals surface area contributed by atoms with E-state index in [1.807, 2.05) is 6.20 Å². The molecule has 0 spiro atoms. The summed E-state index contributed by atoms with van der Waals surface area (Å²) in [7, 11) is 1.79. The Hall–Kier alpha value is -2.70. The molecule has 27 heavy (non-hydrogen) atoms. The van der Waals surface area contributed by atoms with Crippen LogP contribution in [0.5, 0.6) is 0 Å². The highest BCUT2D eigenvalue weighted by Gasteiger charge is 2.24. The van der Waals surface area contributed by atoms with Gasteiger partial charge in [0.05, 0.1) is 29.2 Å². The van der Waals surface area contributed by atoms with Crippen molar-refractivity contribution in [3.8, 4) is 0 Å². The van der Waals surface area contributed by atoms with E-state index in [1.165, 1.54) is 6.42 Å². The molecular formula is C20H22F2N4O. The zero-order chi connectivity index (χ0) is 19.0. The van der Waals surface area contributed by atoms with Crippen LogP contribution in [0.25, 0.3) is 10.9 Å². The van der Waals surface area contributed by atoms with Gasteiger partial charge in [-0.05, 0) is 25.0 Å². The van der Waals surface area contributed by atoms with Crippen LogP contribution in [-0.2, 0) is 13.6 Å². The van der Waals surface area contributed by atoms with Crippen LogP contribution in [0.1, 0.15) is 48.0 Å². The van der Waals surface area contributed by atoms with E-state index >= 15 is 0 Å². The predicted octanol–water partition coefficient (Wildman–Crippen LogP) is 3.76. The SMILES string of the molecule is Cn1cc(Cn2cc(C(=O)NC3CCCCC3)c3c(F)ccc(F)c32)cn1. The van der Waals surface area contributed by atoms with Gasteiger partial charge in [-0.1, -0.05) is 19.3 Å². The first kappa shape index (κ1) is 17.7. The molecule has 1 aromatic carbocycles. The molecule has 2 aromatic heterocycles. The average Bonchev–Trinajstić information content (AvgIpc) is 3.24. The van der Waals surface area contributed by atoms with Crippen LogP contribution >= 0.6 is 0 Å². The summed E-state index contributed by atoms with van der Waals surface area (Å²) in [6.45, 7) is 0.307. The van der Waals surface area contributed by atoms with Gasteiger partial charge in [0.15, 0.2) is 0 Å². The lowest BCUT2D eigenvalue weighted by Gasteiger charge is -2.22. The molecule has 5 nitrogen and oxygen atoms in total. The number of benzene rings is 1. The summed E-state index contributed by atoms with van der Waals surface area (Å²) >= 11 is 0. The highest BCUT2D eigenvalue weighted by molar-refractivity contribution is 6.07. The van der Waals surface area contributed by atoms with E-state index in [0.717, 1.165) is 43.4 Å². The maximum atomic E-state index is 14.5. The summed E-state index contributed by atoms with van der Waals surface area (Å²) in [5.74, 6) is -1.49. The molecule has 0 radical (unpaired) electrons. The lowest BCUT2D eigenvalue weighted by Crippen LogP contribution is -2.36. The minimum absolute atomic E-state index is 0.0344. The third kappa shape index (κ3) is 3.46. The van der Waals surface area contributed by atoms with Gasteiger partial charge in [-0.3, -0.25) is 9.48 Å². The fourth-order valence-electron chi connectivity index (χ4n) is 3.92. The largest absolute Gasteiger partial charge is 0.349 e. The van der Waals surface area contributed by atoms with Gasteiger partial charge in [-0.25, -0.2) is 8.78 Å². The molecule has 0 saturated heterocycles. The van der Waals surface area contributed by atoms with Crippen molar-refractivity contribution in [2.75, 3.05) is 0 Å². The fourth-order valence-corrected chi connectivity index (χ4v) is 3.92. The van der Waals surface area contributed by atoms with Crippen LogP contribution in [0.2, 0.25) is 0 Å². The third-order valence-corrected chi connectivity index (χ3v) is 5.22. The van der Waals surface area contributed by atoms with E-state index < -0.39 is 11.6 Å². The monoisotopic (exact) mass is 372 g/mol. The minimum Gasteiger partial charge on any atom is -0.349 e. The second-order valence-corrected chi connectivity index (χ2v) is 7.25. The standard InChI is InChI=1S/C20H22F2N4O/c1-25-10-13(9-23-25)11-26-12-15(18-16(21)7-8-17(22)19(18)26)20(27)24-14-5-3-2-4-6-14/h7-10,12,14H,2-6,11H2,1H3,(H,24,27). The number of fused-ring (bicyclic) bond motifs is 1. The number of nitrogens with one attached hydrogen (secondary N) is 1. The van der Waals surface area contributed by atoms with Crippen LogP contribution in [0.3, 0.4) is 0 Å². The molecule has 3 aromatic rings. The lowest BCUT2D eigenvalue weighted by atomic mass is 9.95. The lowest BCUT2D eigenvalue weighted by molar-refractivity contribution is 0.0929. The van der Waals surface area contributed by atoms with Crippen molar-refractivity contribution < 1.29 is 13.6 Å². The summed E-state index contributed by atoms with van der Waals surface area (Å²) in [6.07, 6.45) is 10.2. The molecule has 2 heterocycles. The van der Waals surface area contributed by atoms with E-state index in [4.69, 9.17) is 0 Å². The van der Waals surface area contributed by atoms with E-state index in [2.05, 4.69) is 10.4 Å². The van der Waals surface area contributed by atoms with Crippen molar-refractivity contribution in [2.45, 2.75) is 44.7 Å². The number of amides is 1. The first-order valence-corrected chi connectivity index (χ1v) is 9.28. The van der Waals surface area contributed by atoms with Crippen molar-refractivity contribution in [3.63, 3.8) is 0 Å². The molecule has 142 valence electrons. The number of aryl methyl sites for hydroxylation is 1. The second kappa shape index (κ2) is 7.13. The maximum absolute atomic E-state index is 14.5. The fraction of sp³-hybridized carbons (Fsp3) is 0.400. The smallest absolute Gasteiger partial charge is 0.253 e. The van der Waals surface area contributed by atoms with E-state index in [0.29, 0.717) is 6.54 Å². The zero-order valence-electron chi connectivity index (χ0n) is 15.2. The summed E-state index contributed by atoms with van der Waals surface area (Å²) in [5, 5.41) is 7.14. The number of hydrogen-bond acceptors (Lipinski definition) is 2. The molecule has 0 unspecified atom stereocenters. The third-order valence-electron chi connectivity index (χ3n) is 5.22. The number of nitrogens with zero attached hydrogens (tertiary/aromatic N) is 3. The van der Waals surface area contributed by atoms with Crippen molar-refractivity contribution in [2.24, 2.45) is 7.05 Å². The van der Waals surface area contributed by atoms with Gasteiger partial charge in [0, 0.05) is 31.0 Å². The van der Waals surface area contributed by atoms with Crippen LogP contribution in [0.4, 0.5) is 8.78 Å². The molecule has 1 aliphatic carbocycles. The van der Waals surface area contributed by atoms with Gasteiger partial charge >= 0.3 is 0 Å². The van der Waals surface area contributed by atoms with Gasteiger partial charge in [0.2, 0.25) is 0 Å². The van der Waals surface area contributed by atoms with Gasteiger partial charge in [0.1, 0.15) is 11.6 Å². The highest BCUT2D eigenvalue weighted by atomic mass is 19.1. The van der Waals surface area contributed by atoms with Crippen LogP contribution in [0.15, 0.2) is 30.7 Å². The number of aromatic nitrogens is 3. The van der Waals surface area contributed by atoms with Gasteiger partial charge in [-0.15, -0.1) is 0 Å². The Morgan fingerprint density at radius 1 is 1.19 bits per heavy atom. The predicted molar refractivity (Wildman–Crippen MR) is 98.5 cm³/mol. The molecule has 7 heteroatoms. The summed E-state index contributed by atoms with van der Waals surface area (Å²) in [4.78, 5) is 12.8. The van der Waals surface area contributed by atoms with Gasteiger partial charge in [0.25, 0.3) is 5.91 Å². The minimum atomic E-state index is -0.592. The number of rotatable bonds is 4. The first-order valence-electron chi connectivity index (χ1n) is 9.28. The van der Waals surface area contributed by atoms with Gasteiger partial charge in [-0.2, -0.15) is 5.10 Å². The van der Waals surface area contributed by atoms with Crippen LogP contribution in [0, 0.1) is 11.6 Å². The number of carbonyl (C=O) groups is 1. The topological polar surface area (TPSA) is 51.9 Å². The molecule has 1 amide bonds. The van der Waals surface area contributed by atoms with Crippen LogP contribution < -0.4 is 5.32 Å². The van der Waals surface area contributed by atoms with Gasteiger partial charge < -0.3 is 9.88 Å². The van der Waals surface area contributed by atoms with Crippen molar-refractivity contribution >= 4 is 16.8 Å².